The summed E-state index contributed by atoms with van der Waals surface area (Å²) in [6.07, 6.45) is 25.5. The lowest BCUT2D eigenvalue weighted by atomic mass is 10.1. The van der Waals surface area contributed by atoms with Gasteiger partial charge in [0.2, 0.25) is 0 Å². The molecule has 1 rings (SSSR count). The van der Waals surface area contributed by atoms with Crippen LogP contribution in [0.15, 0.2) is 36.4 Å². The van der Waals surface area contributed by atoms with E-state index in [-0.39, 0.29) is 20.8 Å². The molecule has 1 aromatic rings. The zero-order valence-corrected chi connectivity index (χ0v) is 24.0. The second-order valence-electron chi connectivity index (χ2n) is 8.90. The minimum absolute atomic E-state index is 0.158. The molecule has 0 fully saturated rings. The van der Waals surface area contributed by atoms with Gasteiger partial charge in [0, 0.05) is 6.07 Å². The average Bonchev–Trinajstić information content (AvgIpc) is 2.80. The first kappa shape index (κ1) is 33.8. The average molecular weight is 549 g/mol. The van der Waals surface area contributed by atoms with Crippen molar-refractivity contribution < 1.29 is 19.5 Å². The number of ether oxygens (including phenoxy) is 1. The number of aliphatic carboxylic acids is 1. The smallest absolute Gasteiger partial charge is 0.140 e. The molecule has 0 aromatic heterocycles. The molecule has 0 atom stereocenters. The molecule has 7 heteroatoms. The third-order valence-corrected chi connectivity index (χ3v) is 6.22. The van der Waals surface area contributed by atoms with Crippen molar-refractivity contribution in [3.63, 3.8) is 0 Å². The topological polar surface area (TPSA) is 53.8 Å². The Morgan fingerprint density at radius 2 is 1.37 bits per heavy atom. The van der Waals surface area contributed by atoms with E-state index >= 15 is 0 Å². The Labute approximate surface area is 228 Å². The number of rotatable bonds is 18. The molecule has 0 unspecified atom stereocenters. The summed E-state index contributed by atoms with van der Waals surface area (Å²) >= 11 is 17.0. The largest absolute Gasteiger partial charge is 0.546 e. The van der Waals surface area contributed by atoms with Gasteiger partial charge < -0.3 is 19.5 Å². The summed E-state index contributed by atoms with van der Waals surface area (Å²) in [7, 11) is 4.49. The first-order valence-corrected chi connectivity index (χ1v) is 14.0. The highest BCUT2D eigenvalue weighted by atomic mass is 35.5. The maximum Gasteiger partial charge on any atom is 0.140 e. The first-order chi connectivity index (χ1) is 16.8. The Balaban J connectivity index is 0.000000712. The Morgan fingerprint density at radius 3 is 1.94 bits per heavy atom. The lowest BCUT2D eigenvalue weighted by Gasteiger charge is -2.09. The van der Waals surface area contributed by atoms with Crippen LogP contribution >= 0.6 is 34.8 Å². The van der Waals surface area contributed by atoms with Crippen LogP contribution < -0.4 is 14.7 Å². The number of allylic oxidation sites excluding steroid dienone is 4. The third kappa shape index (κ3) is 21.8. The zero-order chi connectivity index (χ0) is 26.3. The van der Waals surface area contributed by atoms with Gasteiger partial charge in [-0.3, -0.25) is 0 Å². The van der Waals surface area contributed by atoms with Crippen molar-refractivity contribution in [1.82, 2.24) is 0 Å². The first-order valence-electron chi connectivity index (χ1n) is 12.8. The summed E-state index contributed by atoms with van der Waals surface area (Å²) in [6, 6.07) is 2.71. The quantitative estimate of drug-likeness (QED) is 0.126. The van der Waals surface area contributed by atoms with E-state index in [1.807, 2.05) is 0 Å². The summed E-state index contributed by atoms with van der Waals surface area (Å²) in [4.78, 5) is 11.7. The SMILES string of the molecule is CCCCC/C=C\C/C=C/CCCCCCCC[NH+](C)C.O=C([O-])COc1cc(Cl)c(Cl)cc1Cl. The van der Waals surface area contributed by atoms with E-state index in [0.29, 0.717) is 0 Å². The number of carboxylic acids is 1. The van der Waals surface area contributed by atoms with Gasteiger partial charge >= 0.3 is 0 Å². The molecule has 0 aliphatic rings. The number of hydrogen-bond acceptors (Lipinski definition) is 3. The number of benzene rings is 1. The van der Waals surface area contributed by atoms with E-state index in [0.717, 1.165) is 6.42 Å². The number of hydrogen-bond donors (Lipinski definition) is 1. The lowest BCUT2D eigenvalue weighted by Crippen LogP contribution is -3.05. The molecule has 0 aliphatic carbocycles. The van der Waals surface area contributed by atoms with E-state index in [1.54, 1.807) is 4.90 Å². The van der Waals surface area contributed by atoms with Crippen molar-refractivity contribution in [1.29, 1.82) is 0 Å². The number of halogens is 3. The van der Waals surface area contributed by atoms with E-state index in [4.69, 9.17) is 39.5 Å². The van der Waals surface area contributed by atoms with Crippen molar-refractivity contribution >= 4 is 40.8 Å². The normalized spacial score (nSPS) is 11.3. The molecule has 0 radical (unpaired) electrons. The van der Waals surface area contributed by atoms with Gasteiger partial charge in [-0.25, -0.2) is 0 Å². The molecular weight excluding hydrogens is 505 g/mol. The molecule has 0 aliphatic heterocycles. The zero-order valence-electron chi connectivity index (χ0n) is 21.7. The summed E-state index contributed by atoms with van der Waals surface area (Å²) in [6.45, 7) is 3.00. The highest BCUT2D eigenvalue weighted by Gasteiger charge is 2.06. The van der Waals surface area contributed by atoms with Gasteiger partial charge in [0.05, 0.1) is 41.7 Å². The van der Waals surface area contributed by atoms with Crippen LogP contribution in [0, 0.1) is 0 Å². The van der Waals surface area contributed by atoms with E-state index in [1.165, 1.54) is 89.3 Å². The molecule has 1 N–H and O–H groups in total. The van der Waals surface area contributed by atoms with Gasteiger partial charge in [0.15, 0.2) is 0 Å². The van der Waals surface area contributed by atoms with Crippen molar-refractivity contribution in [2.75, 3.05) is 27.2 Å². The maximum atomic E-state index is 10.1. The molecule has 0 spiro atoms. The highest BCUT2D eigenvalue weighted by molar-refractivity contribution is 6.43. The van der Waals surface area contributed by atoms with Gasteiger partial charge in [0.1, 0.15) is 12.4 Å². The number of unbranched alkanes of at least 4 members (excludes halogenated alkanes) is 9. The minimum Gasteiger partial charge on any atom is -0.546 e. The third-order valence-electron chi connectivity index (χ3n) is 5.20. The second-order valence-corrected chi connectivity index (χ2v) is 10.1. The fraction of sp³-hybridized carbons (Fsp3) is 0.607. The van der Waals surface area contributed by atoms with Crippen molar-refractivity contribution in [2.45, 2.75) is 84.0 Å². The van der Waals surface area contributed by atoms with Gasteiger partial charge in [-0.1, -0.05) is 98.1 Å². The number of carbonyl (C=O) groups excluding carboxylic acids is 1. The van der Waals surface area contributed by atoms with Crippen LogP contribution in [0.2, 0.25) is 15.1 Å². The van der Waals surface area contributed by atoms with Gasteiger partial charge in [-0.15, -0.1) is 0 Å². The van der Waals surface area contributed by atoms with Gasteiger partial charge in [0.25, 0.3) is 0 Å². The summed E-state index contributed by atoms with van der Waals surface area (Å²) in [5, 5.41) is 10.8. The Hall–Kier alpha value is -1.20. The standard InChI is InChI=1S/C20H39N.C8H5Cl3O3/c1-4-5-6-7-8-9-10-11-12-13-14-15-16-17-18-19-20-21(2)3;9-4-1-6(11)7(2-5(4)10)14-3-8(12)13/h8-9,11-12H,4-7,10,13-20H2,1-3H3;1-2H,3H2,(H,12,13)/b9-8-,12-11+;. The molecule has 0 saturated heterocycles. The predicted molar refractivity (Wildman–Crippen MR) is 149 cm³/mol. The fourth-order valence-electron chi connectivity index (χ4n) is 3.22. The highest BCUT2D eigenvalue weighted by Crippen LogP contribution is 2.33. The van der Waals surface area contributed by atoms with Crippen LogP contribution in [0.3, 0.4) is 0 Å². The van der Waals surface area contributed by atoms with E-state index in [9.17, 15) is 9.90 Å². The molecule has 4 nitrogen and oxygen atoms in total. The van der Waals surface area contributed by atoms with Gasteiger partial charge in [-0.2, -0.15) is 0 Å². The van der Waals surface area contributed by atoms with Crippen LogP contribution in [-0.2, 0) is 4.79 Å². The van der Waals surface area contributed by atoms with Crippen molar-refractivity contribution in [2.24, 2.45) is 0 Å². The molecular formula is C28H44Cl3NO3. The Bertz CT molecular complexity index is 736. The molecule has 0 saturated carbocycles. The summed E-state index contributed by atoms with van der Waals surface area (Å²) in [5.74, 6) is -1.18. The molecule has 200 valence electrons. The summed E-state index contributed by atoms with van der Waals surface area (Å²) < 4.78 is 4.80. The van der Waals surface area contributed by atoms with Crippen LogP contribution in [-0.4, -0.2) is 33.2 Å². The Kier molecular flexibility index (Phi) is 22.4. The van der Waals surface area contributed by atoms with Crippen LogP contribution in [0.1, 0.15) is 84.0 Å². The fourth-order valence-corrected chi connectivity index (χ4v) is 3.81. The van der Waals surface area contributed by atoms with Crippen molar-refractivity contribution in [3.8, 4) is 5.75 Å². The van der Waals surface area contributed by atoms with Crippen LogP contribution in [0.4, 0.5) is 0 Å². The van der Waals surface area contributed by atoms with Crippen molar-refractivity contribution in [3.05, 3.63) is 51.5 Å². The second kappa shape index (κ2) is 23.2. The monoisotopic (exact) mass is 547 g/mol. The number of quaternary nitrogens is 1. The van der Waals surface area contributed by atoms with Crippen LogP contribution in [0.25, 0.3) is 0 Å². The molecule has 0 heterocycles. The minimum atomic E-state index is -1.34. The molecule has 1 aromatic carbocycles. The number of nitrogens with one attached hydrogen (secondary N) is 1. The maximum absolute atomic E-state index is 10.1. The molecule has 0 amide bonds. The molecule has 0 bridgehead atoms. The number of carbonyl (C=O) groups is 1. The van der Waals surface area contributed by atoms with Gasteiger partial charge in [-0.05, 0) is 51.0 Å². The van der Waals surface area contributed by atoms with E-state index < -0.39 is 12.6 Å². The summed E-state index contributed by atoms with van der Waals surface area (Å²) in [5.41, 5.74) is 0. The number of carboxylic acid groups (broad SMARTS) is 1. The predicted octanol–water partition coefficient (Wildman–Crippen LogP) is 6.72. The van der Waals surface area contributed by atoms with E-state index in [2.05, 4.69) is 45.3 Å². The lowest BCUT2D eigenvalue weighted by molar-refractivity contribution is -0.858. The van der Waals surface area contributed by atoms with Crippen LogP contribution in [0.5, 0.6) is 5.75 Å². The molecule has 35 heavy (non-hydrogen) atoms. The Morgan fingerprint density at radius 1 is 0.829 bits per heavy atom.